The maximum absolute atomic E-state index is 5.50. The standard InChI is InChI=1S/C18H24N4O2/c1-18(2,14-3-4-15-16(7-14)24-12-23-15)11-19-8-13-9-20-17-5-6-21-22(17)10-13/h3-7,13,19-20H,8-12H2,1-2H3. The normalized spacial score (nSPS) is 19.0. The van der Waals surface area contributed by atoms with Crippen LogP contribution in [0.25, 0.3) is 0 Å². The summed E-state index contributed by atoms with van der Waals surface area (Å²) >= 11 is 0. The molecule has 0 spiro atoms. The first kappa shape index (κ1) is 15.3. The summed E-state index contributed by atoms with van der Waals surface area (Å²) in [6.45, 7) is 8.66. The SMILES string of the molecule is CC(C)(CNCC1CNc2ccnn2C1)c1ccc2c(c1)OCO2. The van der Waals surface area contributed by atoms with Gasteiger partial charge in [-0.3, -0.25) is 0 Å². The Morgan fingerprint density at radius 2 is 2.17 bits per heavy atom. The lowest BCUT2D eigenvalue weighted by Crippen LogP contribution is -2.40. The number of anilines is 1. The van der Waals surface area contributed by atoms with E-state index in [2.05, 4.69) is 41.7 Å². The van der Waals surface area contributed by atoms with E-state index >= 15 is 0 Å². The molecule has 0 aliphatic carbocycles. The summed E-state index contributed by atoms with van der Waals surface area (Å²) < 4.78 is 12.9. The fraction of sp³-hybridized carbons (Fsp3) is 0.500. The quantitative estimate of drug-likeness (QED) is 0.881. The number of ether oxygens (including phenoxy) is 2. The lowest BCUT2D eigenvalue weighted by molar-refractivity contribution is 0.174. The molecule has 6 heteroatoms. The van der Waals surface area contributed by atoms with Crippen molar-refractivity contribution in [2.45, 2.75) is 25.8 Å². The molecule has 0 saturated heterocycles. The Bertz CT molecular complexity index is 726. The molecule has 0 amide bonds. The zero-order valence-corrected chi connectivity index (χ0v) is 14.2. The molecule has 3 heterocycles. The molecular formula is C18H24N4O2. The van der Waals surface area contributed by atoms with Crippen LogP contribution >= 0.6 is 0 Å². The van der Waals surface area contributed by atoms with Gasteiger partial charge in [0.15, 0.2) is 11.5 Å². The van der Waals surface area contributed by atoms with Crippen molar-refractivity contribution in [2.75, 3.05) is 31.7 Å². The second-order valence-electron chi connectivity index (χ2n) is 7.23. The Hall–Kier alpha value is -2.21. The van der Waals surface area contributed by atoms with Crippen LogP contribution in [0.4, 0.5) is 5.82 Å². The first-order chi connectivity index (χ1) is 11.6. The van der Waals surface area contributed by atoms with E-state index in [0.717, 1.165) is 43.5 Å². The van der Waals surface area contributed by atoms with Crippen molar-refractivity contribution in [1.29, 1.82) is 0 Å². The van der Waals surface area contributed by atoms with Crippen molar-refractivity contribution in [3.8, 4) is 11.5 Å². The van der Waals surface area contributed by atoms with Crippen LogP contribution in [-0.4, -0.2) is 36.2 Å². The molecule has 0 saturated carbocycles. The van der Waals surface area contributed by atoms with Crippen LogP contribution < -0.4 is 20.1 Å². The van der Waals surface area contributed by atoms with Gasteiger partial charge in [-0.25, -0.2) is 4.68 Å². The Morgan fingerprint density at radius 1 is 1.29 bits per heavy atom. The Balaban J connectivity index is 1.33. The monoisotopic (exact) mass is 328 g/mol. The van der Waals surface area contributed by atoms with Crippen LogP contribution in [0, 0.1) is 5.92 Å². The fourth-order valence-corrected chi connectivity index (χ4v) is 3.33. The molecule has 2 N–H and O–H groups in total. The molecule has 1 unspecified atom stereocenters. The number of nitrogens with one attached hydrogen (secondary N) is 2. The van der Waals surface area contributed by atoms with Crippen molar-refractivity contribution in [2.24, 2.45) is 5.92 Å². The third-order valence-electron chi connectivity index (χ3n) is 4.87. The molecule has 6 nitrogen and oxygen atoms in total. The molecule has 2 aliphatic heterocycles. The Labute approximate surface area is 142 Å². The van der Waals surface area contributed by atoms with E-state index in [-0.39, 0.29) is 5.41 Å². The molecule has 4 rings (SSSR count). The molecule has 0 bridgehead atoms. The smallest absolute Gasteiger partial charge is 0.231 e. The minimum absolute atomic E-state index is 0.0277. The highest BCUT2D eigenvalue weighted by atomic mass is 16.7. The number of hydrogen-bond donors (Lipinski definition) is 2. The van der Waals surface area contributed by atoms with Gasteiger partial charge < -0.3 is 20.1 Å². The molecular weight excluding hydrogens is 304 g/mol. The highest BCUT2D eigenvalue weighted by molar-refractivity contribution is 5.46. The fourth-order valence-electron chi connectivity index (χ4n) is 3.33. The molecule has 128 valence electrons. The van der Waals surface area contributed by atoms with Crippen LogP contribution in [0.1, 0.15) is 19.4 Å². The van der Waals surface area contributed by atoms with E-state index in [1.165, 1.54) is 5.56 Å². The number of hydrogen-bond acceptors (Lipinski definition) is 5. The highest BCUT2D eigenvalue weighted by Gasteiger charge is 2.25. The van der Waals surface area contributed by atoms with Gasteiger partial charge in [0.2, 0.25) is 6.79 Å². The zero-order valence-electron chi connectivity index (χ0n) is 14.2. The summed E-state index contributed by atoms with van der Waals surface area (Å²) in [5.41, 5.74) is 1.29. The topological polar surface area (TPSA) is 60.3 Å². The third-order valence-corrected chi connectivity index (χ3v) is 4.87. The minimum Gasteiger partial charge on any atom is -0.454 e. The average Bonchev–Trinajstić information content (AvgIpc) is 3.22. The van der Waals surface area contributed by atoms with Crippen molar-refractivity contribution in [3.63, 3.8) is 0 Å². The highest BCUT2D eigenvalue weighted by Crippen LogP contribution is 2.36. The van der Waals surface area contributed by atoms with Crippen LogP contribution in [-0.2, 0) is 12.0 Å². The lowest BCUT2D eigenvalue weighted by atomic mass is 9.84. The minimum atomic E-state index is 0.0277. The lowest BCUT2D eigenvalue weighted by Gasteiger charge is -2.29. The number of benzene rings is 1. The summed E-state index contributed by atoms with van der Waals surface area (Å²) in [5, 5.41) is 11.4. The summed E-state index contributed by atoms with van der Waals surface area (Å²) in [4.78, 5) is 0. The van der Waals surface area contributed by atoms with Crippen molar-refractivity contribution in [3.05, 3.63) is 36.0 Å². The van der Waals surface area contributed by atoms with E-state index in [0.29, 0.717) is 12.7 Å². The maximum atomic E-state index is 5.50. The summed E-state index contributed by atoms with van der Waals surface area (Å²) in [7, 11) is 0. The van der Waals surface area contributed by atoms with E-state index in [1.807, 2.05) is 23.0 Å². The second kappa shape index (κ2) is 6.02. The predicted octanol–water partition coefficient (Wildman–Crippen LogP) is 2.22. The van der Waals surface area contributed by atoms with E-state index in [9.17, 15) is 0 Å². The van der Waals surface area contributed by atoms with E-state index in [4.69, 9.17) is 9.47 Å². The number of fused-ring (bicyclic) bond motifs is 2. The predicted molar refractivity (Wildman–Crippen MR) is 92.7 cm³/mol. The largest absolute Gasteiger partial charge is 0.454 e. The van der Waals surface area contributed by atoms with Crippen molar-refractivity contribution in [1.82, 2.24) is 15.1 Å². The summed E-state index contributed by atoms with van der Waals surface area (Å²) in [6, 6.07) is 8.26. The molecule has 0 radical (unpaired) electrons. The second-order valence-corrected chi connectivity index (χ2v) is 7.23. The van der Waals surface area contributed by atoms with Gasteiger partial charge in [0.25, 0.3) is 0 Å². The van der Waals surface area contributed by atoms with E-state index < -0.39 is 0 Å². The van der Waals surface area contributed by atoms with Gasteiger partial charge in [-0.15, -0.1) is 0 Å². The van der Waals surface area contributed by atoms with Gasteiger partial charge in [-0.05, 0) is 17.7 Å². The Kier molecular flexibility index (Phi) is 3.84. The van der Waals surface area contributed by atoms with Crippen molar-refractivity contribution >= 4 is 5.82 Å². The molecule has 0 fully saturated rings. The average molecular weight is 328 g/mol. The van der Waals surface area contributed by atoms with Crippen LogP contribution in [0.5, 0.6) is 11.5 Å². The summed E-state index contributed by atoms with van der Waals surface area (Å²) in [6.07, 6.45) is 1.85. The van der Waals surface area contributed by atoms with Gasteiger partial charge in [0.05, 0.1) is 6.20 Å². The number of rotatable bonds is 5. The van der Waals surface area contributed by atoms with E-state index in [1.54, 1.807) is 0 Å². The van der Waals surface area contributed by atoms with Gasteiger partial charge in [-0.2, -0.15) is 5.10 Å². The third kappa shape index (κ3) is 2.94. The van der Waals surface area contributed by atoms with Crippen molar-refractivity contribution < 1.29 is 9.47 Å². The molecule has 1 aromatic heterocycles. The summed E-state index contributed by atoms with van der Waals surface area (Å²) in [5.74, 6) is 3.35. The zero-order chi connectivity index (χ0) is 16.6. The molecule has 2 aromatic rings. The van der Waals surface area contributed by atoms with Gasteiger partial charge in [-0.1, -0.05) is 19.9 Å². The van der Waals surface area contributed by atoms with Gasteiger partial charge in [0, 0.05) is 43.6 Å². The Morgan fingerprint density at radius 3 is 3.08 bits per heavy atom. The number of nitrogens with zero attached hydrogens (tertiary/aromatic N) is 2. The molecule has 1 atom stereocenters. The first-order valence-corrected chi connectivity index (χ1v) is 8.48. The van der Waals surface area contributed by atoms with Crippen LogP contribution in [0.2, 0.25) is 0 Å². The molecule has 24 heavy (non-hydrogen) atoms. The molecule has 1 aromatic carbocycles. The van der Waals surface area contributed by atoms with Gasteiger partial charge in [0.1, 0.15) is 5.82 Å². The van der Waals surface area contributed by atoms with Crippen LogP contribution in [0.15, 0.2) is 30.5 Å². The maximum Gasteiger partial charge on any atom is 0.231 e. The first-order valence-electron chi connectivity index (χ1n) is 8.48. The van der Waals surface area contributed by atoms with Crippen LogP contribution in [0.3, 0.4) is 0 Å². The van der Waals surface area contributed by atoms with Gasteiger partial charge >= 0.3 is 0 Å². The molecule has 2 aliphatic rings. The number of aromatic nitrogens is 2.